The van der Waals surface area contributed by atoms with Crippen molar-refractivity contribution in [1.29, 1.82) is 0 Å². The summed E-state index contributed by atoms with van der Waals surface area (Å²) in [6, 6.07) is 19.2. The number of thiophene rings is 1. The number of nitrogens with zero attached hydrogens (tertiary/aromatic N) is 2. The number of pyridine rings is 2. The molecule has 0 amide bonds. The molecule has 0 N–H and O–H groups in total. The van der Waals surface area contributed by atoms with Crippen molar-refractivity contribution in [3.8, 4) is 33.0 Å². The molecule has 0 bridgehead atoms. The van der Waals surface area contributed by atoms with Crippen molar-refractivity contribution in [2.45, 2.75) is 25.7 Å². The van der Waals surface area contributed by atoms with E-state index >= 15 is 0 Å². The molecule has 0 atom stereocenters. The maximum absolute atomic E-state index is 5.25. The highest BCUT2D eigenvalue weighted by molar-refractivity contribution is 7.13. The van der Waals surface area contributed by atoms with Crippen LogP contribution in [0.1, 0.15) is 24.0 Å². The molecule has 27 heavy (non-hydrogen) atoms. The lowest BCUT2D eigenvalue weighted by atomic mass is 9.83. The van der Waals surface area contributed by atoms with Gasteiger partial charge in [0.2, 0.25) is 0 Å². The van der Waals surface area contributed by atoms with Crippen molar-refractivity contribution in [1.82, 2.24) is 9.97 Å². The molecule has 0 saturated carbocycles. The molecular formula is C24H20N2S. The smallest absolute Gasteiger partial charge is 0.0890 e. The summed E-state index contributed by atoms with van der Waals surface area (Å²) in [5, 5.41) is 2.13. The van der Waals surface area contributed by atoms with E-state index in [1.54, 1.807) is 11.3 Å². The summed E-state index contributed by atoms with van der Waals surface area (Å²) in [4.78, 5) is 10.8. The van der Waals surface area contributed by atoms with Crippen molar-refractivity contribution in [3.63, 3.8) is 0 Å². The van der Waals surface area contributed by atoms with Crippen molar-refractivity contribution in [3.05, 3.63) is 83.5 Å². The van der Waals surface area contributed by atoms with Gasteiger partial charge in [-0.2, -0.15) is 0 Å². The Kier molecular flexibility index (Phi) is 4.30. The zero-order valence-electron chi connectivity index (χ0n) is 15.1. The fraction of sp³-hybridized carbons (Fsp3) is 0.167. The normalized spacial score (nSPS) is 13.3. The number of benzene rings is 1. The van der Waals surface area contributed by atoms with Gasteiger partial charge < -0.3 is 0 Å². The Morgan fingerprint density at radius 1 is 0.741 bits per heavy atom. The van der Waals surface area contributed by atoms with Crippen LogP contribution in [-0.4, -0.2) is 9.97 Å². The predicted molar refractivity (Wildman–Crippen MR) is 113 cm³/mol. The van der Waals surface area contributed by atoms with Crippen LogP contribution in [0.4, 0.5) is 0 Å². The van der Waals surface area contributed by atoms with Crippen LogP contribution in [0.3, 0.4) is 0 Å². The summed E-state index contributed by atoms with van der Waals surface area (Å²) in [6.07, 6.45) is 8.46. The van der Waals surface area contributed by atoms with E-state index < -0.39 is 0 Å². The quantitative estimate of drug-likeness (QED) is 0.417. The monoisotopic (exact) mass is 368 g/mol. The van der Waals surface area contributed by atoms with E-state index in [9.17, 15) is 0 Å². The number of aromatic nitrogens is 2. The minimum atomic E-state index is 1.09. The van der Waals surface area contributed by atoms with Crippen LogP contribution in [0, 0.1) is 0 Å². The maximum Gasteiger partial charge on any atom is 0.0890 e. The third kappa shape index (κ3) is 2.98. The Bertz CT molecular complexity index is 1050. The van der Waals surface area contributed by atoms with Crippen LogP contribution in [-0.2, 0) is 12.8 Å². The van der Waals surface area contributed by atoms with Gasteiger partial charge in [0.1, 0.15) is 0 Å². The summed E-state index contributed by atoms with van der Waals surface area (Å²) < 4.78 is 0. The first-order valence-electron chi connectivity index (χ1n) is 9.47. The van der Waals surface area contributed by atoms with Gasteiger partial charge in [-0.1, -0.05) is 36.4 Å². The molecule has 4 aromatic rings. The topological polar surface area (TPSA) is 25.8 Å². The van der Waals surface area contributed by atoms with Gasteiger partial charge in [0, 0.05) is 23.5 Å². The van der Waals surface area contributed by atoms with Crippen molar-refractivity contribution in [2.24, 2.45) is 0 Å². The minimum Gasteiger partial charge on any atom is -0.264 e. The average Bonchev–Trinajstić information content (AvgIpc) is 3.28. The lowest BCUT2D eigenvalue weighted by molar-refractivity contribution is 0.685. The lowest BCUT2D eigenvalue weighted by Crippen LogP contribution is -2.10. The zero-order valence-corrected chi connectivity index (χ0v) is 15.9. The van der Waals surface area contributed by atoms with Crippen molar-refractivity contribution < 1.29 is 0 Å². The van der Waals surface area contributed by atoms with Crippen LogP contribution in [0.15, 0.2) is 72.4 Å². The SMILES string of the molecule is c1ccc(-c2c(-c3cccs3)nc(-c3cccnc3)c3c2CCCC3)cc1. The molecule has 0 fully saturated rings. The third-order valence-corrected chi connectivity index (χ3v) is 6.14. The summed E-state index contributed by atoms with van der Waals surface area (Å²) in [5.74, 6) is 0. The maximum atomic E-state index is 5.25. The molecule has 3 aromatic heterocycles. The fourth-order valence-electron chi connectivity index (χ4n) is 4.07. The molecule has 5 rings (SSSR count). The van der Waals surface area contributed by atoms with Crippen LogP contribution < -0.4 is 0 Å². The number of fused-ring (bicyclic) bond motifs is 1. The predicted octanol–water partition coefficient (Wildman–Crippen LogP) is 6.42. The minimum absolute atomic E-state index is 1.09. The van der Waals surface area contributed by atoms with Crippen LogP contribution in [0.2, 0.25) is 0 Å². The largest absolute Gasteiger partial charge is 0.264 e. The van der Waals surface area contributed by atoms with Gasteiger partial charge >= 0.3 is 0 Å². The molecule has 0 unspecified atom stereocenters. The first-order chi connectivity index (χ1) is 13.4. The summed E-state index contributed by atoms with van der Waals surface area (Å²) >= 11 is 1.76. The van der Waals surface area contributed by atoms with Gasteiger partial charge in [-0.25, -0.2) is 4.98 Å². The van der Waals surface area contributed by atoms with Gasteiger partial charge in [-0.3, -0.25) is 4.98 Å². The first kappa shape index (κ1) is 16.4. The molecule has 0 radical (unpaired) electrons. The summed E-state index contributed by atoms with van der Waals surface area (Å²) in [6.45, 7) is 0. The molecule has 1 aliphatic carbocycles. The molecule has 1 aromatic carbocycles. The Morgan fingerprint density at radius 2 is 1.56 bits per heavy atom. The molecule has 2 nitrogen and oxygen atoms in total. The van der Waals surface area contributed by atoms with E-state index in [0.29, 0.717) is 0 Å². The number of hydrogen-bond acceptors (Lipinski definition) is 3. The van der Waals surface area contributed by atoms with E-state index in [-0.39, 0.29) is 0 Å². The second-order valence-corrected chi connectivity index (χ2v) is 7.88. The Balaban J connectivity index is 1.85. The standard InChI is InChI=1S/C24H20N2S/c1-2-8-17(9-3-1)22-19-11-4-5-12-20(19)23(18-10-6-14-25-16-18)26-24(22)21-13-7-15-27-21/h1-3,6-10,13-16H,4-5,11-12H2. The van der Waals surface area contributed by atoms with E-state index in [1.165, 1.54) is 40.0 Å². The van der Waals surface area contributed by atoms with Crippen LogP contribution >= 0.6 is 11.3 Å². The summed E-state index contributed by atoms with van der Waals surface area (Å²) in [7, 11) is 0. The third-order valence-electron chi connectivity index (χ3n) is 5.27. The first-order valence-corrected chi connectivity index (χ1v) is 10.4. The molecule has 0 spiro atoms. The molecule has 1 aliphatic rings. The highest BCUT2D eigenvalue weighted by atomic mass is 32.1. The molecule has 0 saturated heterocycles. The van der Waals surface area contributed by atoms with Crippen LogP contribution in [0.5, 0.6) is 0 Å². The average molecular weight is 369 g/mol. The number of rotatable bonds is 3. The fourth-order valence-corrected chi connectivity index (χ4v) is 4.79. The van der Waals surface area contributed by atoms with E-state index in [0.717, 1.165) is 29.8 Å². The zero-order chi connectivity index (χ0) is 18.1. The van der Waals surface area contributed by atoms with Gasteiger partial charge in [-0.15, -0.1) is 11.3 Å². The van der Waals surface area contributed by atoms with Crippen molar-refractivity contribution >= 4 is 11.3 Å². The molecule has 3 heterocycles. The second-order valence-electron chi connectivity index (χ2n) is 6.93. The van der Waals surface area contributed by atoms with Gasteiger partial charge in [-0.05, 0) is 66.0 Å². The Hall–Kier alpha value is -2.78. The Labute approximate surface area is 163 Å². The second kappa shape index (κ2) is 7.09. The van der Waals surface area contributed by atoms with Crippen molar-refractivity contribution in [2.75, 3.05) is 0 Å². The van der Waals surface area contributed by atoms with Crippen LogP contribution in [0.25, 0.3) is 33.0 Å². The molecular weight excluding hydrogens is 348 g/mol. The lowest BCUT2D eigenvalue weighted by Gasteiger charge is -2.25. The molecule has 0 aliphatic heterocycles. The highest BCUT2D eigenvalue weighted by Gasteiger charge is 2.24. The van der Waals surface area contributed by atoms with Gasteiger partial charge in [0.15, 0.2) is 0 Å². The molecule has 132 valence electrons. The highest BCUT2D eigenvalue weighted by Crippen LogP contribution is 2.43. The molecule has 3 heteroatoms. The Morgan fingerprint density at radius 3 is 2.30 bits per heavy atom. The number of hydrogen-bond donors (Lipinski definition) is 0. The summed E-state index contributed by atoms with van der Waals surface area (Å²) in [5.41, 5.74) is 8.81. The van der Waals surface area contributed by atoms with E-state index in [4.69, 9.17) is 4.98 Å². The van der Waals surface area contributed by atoms with E-state index in [2.05, 4.69) is 58.9 Å². The van der Waals surface area contributed by atoms with E-state index in [1.807, 2.05) is 18.5 Å². The van der Waals surface area contributed by atoms with Gasteiger partial charge in [0.05, 0.1) is 16.3 Å². The van der Waals surface area contributed by atoms with Gasteiger partial charge in [0.25, 0.3) is 0 Å².